The molecule has 0 unspecified atom stereocenters. The molecular formula is C18H18F3N5O9S2. The zero-order valence-corrected chi connectivity index (χ0v) is 20.4. The van der Waals surface area contributed by atoms with Gasteiger partial charge in [0, 0.05) is 23.6 Å². The van der Waals surface area contributed by atoms with Crippen LogP contribution < -0.4 is 11.1 Å². The van der Waals surface area contributed by atoms with Gasteiger partial charge >= 0.3 is 24.1 Å². The first-order chi connectivity index (χ1) is 17.2. The van der Waals surface area contributed by atoms with E-state index in [1.54, 1.807) is 0 Å². The number of halogens is 3. The van der Waals surface area contributed by atoms with Crippen molar-refractivity contribution >= 4 is 63.7 Å². The molecule has 0 saturated carbocycles. The number of ether oxygens (including phenoxy) is 1. The van der Waals surface area contributed by atoms with Crippen LogP contribution in [0.4, 0.5) is 18.3 Å². The quantitative estimate of drug-likeness (QED) is 0.148. The van der Waals surface area contributed by atoms with E-state index >= 15 is 0 Å². The first kappa shape index (κ1) is 29.4. The number of alkyl halides is 3. The van der Waals surface area contributed by atoms with E-state index in [-0.39, 0.29) is 34.6 Å². The molecule has 37 heavy (non-hydrogen) atoms. The summed E-state index contributed by atoms with van der Waals surface area (Å²) in [6, 6.07) is -0.967. The van der Waals surface area contributed by atoms with Crippen LogP contribution in [0, 0.1) is 0 Å². The number of carbonyl (C=O) groups excluding carboxylic acids is 3. The number of thioether (sulfide) groups is 1. The second kappa shape index (κ2) is 11.9. The largest absolute Gasteiger partial charge is 0.490 e. The molecule has 202 valence electrons. The number of amides is 2. The van der Waals surface area contributed by atoms with Crippen molar-refractivity contribution in [1.82, 2.24) is 15.2 Å². The third-order valence-electron chi connectivity index (χ3n) is 4.39. The van der Waals surface area contributed by atoms with Crippen molar-refractivity contribution < 1.29 is 56.9 Å². The van der Waals surface area contributed by atoms with Crippen LogP contribution in [0.5, 0.6) is 0 Å². The van der Waals surface area contributed by atoms with Gasteiger partial charge in [-0.25, -0.2) is 14.6 Å². The fourth-order valence-corrected chi connectivity index (χ4v) is 4.76. The topological polar surface area (TPSA) is 211 Å². The summed E-state index contributed by atoms with van der Waals surface area (Å²) >= 11 is 2.35. The first-order valence-electron chi connectivity index (χ1n) is 9.65. The van der Waals surface area contributed by atoms with Crippen molar-refractivity contribution in [2.75, 3.05) is 25.2 Å². The highest BCUT2D eigenvalue weighted by Gasteiger charge is 2.54. The first-order valence-corrected chi connectivity index (χ1v) is 11.6. The highest BCUT2D eigenvalue weighted by atomic mass is 32.2. The van der Waals surface area contributed by atoms with Gasteiger partial charge in [0.05, 0.1) is 0 Å². The minimum Gasteiger partial charge on any atom is -0.477 e. The lowest BCUT2D eigenvalue weighted by atomic mass is 10.0. The standard InChI is InChI=1S/C16H17N5O7S2.C2HF3O2/c1-6(22)28-3-7-4-29-14-10(13(24)21(14)11(7)15(25)26)19-12(23)9(20-27-2)8-5-30-16(17)18-8;3-2(4,5)1(6)7/h5,10,14H,3-4H2,1-2H3,(H2,17,18)(H,19,23)(H,25,26);(H,6,7)/t10-,14+;/m0./s1. The average Bonchev–Trinajstić information content (AvgIpc) is 3.23. The number of nitrogen functional groups attached to an aromatic ring is 1. The number of aromatic nitrogens is 1. The van der Waals surface area contributed by atoms with E-state index in [0.29, 0.717) is 5.57 Å². The Bertz CT molecular complexity index is 1170. The number of thiazole rings is 1. The number of esters is 1. The monoisotopic (exact) mass is 569 g/mol. The predicted octanol–water partition coefficient (Wildman–Crippen LogP) is 0.0108. The second-order valence-electron chi connectivity index (χ2n) is 6.89. The minimum atomic E-state index is -5.08. The van der Waals surface area contributed by atoms with Crippen LogP contribution in [-0.2, 0) is 33.5 Å². The molecule has 0 aliphatic carbocycles. The maximum absolute atomic E-state index is 12.7. The minimum absolute atomic E-state index is 0.165. The highest BCUT2D eigenvalue weighted by Crippen LogP contribution is 2.40. The Balaban J connectivity index is 0.000000604. The number of hydrogen-bond donors (Lipinski definition) is 4. The van der Waals surface area contributed by atoms with E-state index in [4.69, 9.17) is 20.4 Å². The molecule has 0 radical (unpaired) electrons. The Hall–Kier alpha value is -3.87. The molecular weight excluding hydrogens is 551 g/mol. The normalized spacial score (nSPS) is 19.1. The number of nitrogens with zero attached hydrogens (tertiary/aromatic N) is 3. The number of anilines is 1. The van der Waals surface area contributed by atoms with Gasteiger partial charge in [0.25, 0.3) is 11.8 Å². The molecule has 3 heterocycles. The summed E-state index contributed by atoms with van der Waals surface area (Å²) in [5.41, 5.74) is 5.67. The summed E-state index contributed by atoms with van der Waals surface area (Å²) in [6.45, 7) is 0.975. The zero-order valence-electron chi connectivity index (χ0n) is 18.8. The molecule has 2 aliphatic rings. The molecule has 2 amide bonds. The number of hydrogen-bond acceptors (Lipinski definition) is 12. The van der Waals surface area contributed by atoms with Crippen LogP contribution in [0.25, 0.3) is 0 Å². The predicted molar refractivity (Wildman–Crippen MR) is 120 cm³/mol. The van der Waals surface area contributed by atoms with Gasteiger partial charge in [-0.05, 0) is 0 Å². The second-order valence-corrected chi connectivity index (χ2v) is 8.89. The van der Waals surface area contributed by atoms with E-state index < -0.39 is 47.3 Å². The van der Waals surface area contributed by atoms with Gasteiger partial charge in [0.15, 0.2) is 10.8 Å². The summed E-state index contributed by atoms with van der Waals surface area (Å²) in [5.74, 6) is -5.74. The van der Waals surface area contributed by atoms with E-state index in [9.17, 15) is 37.5 Å². The van der Waals surface area contributed by atoms with Crippen LogP contribution in [0.15, 0.2) is 21.8 Å². The zero-order chi connectivity index (χ0) is 28.1. The average molecular weight is 569 g/mol. The lowest BCUT2D eigenvalue weighted by molar-refractivity contribution is -0.192. The molecule has 5 N–H and O–H groups in total. The summed E-state index contributed by atoms with van der Waals surface area (Å²) in [5, 5.41) is 24.0. The maximum atomic E-state index is 12.7. The van der Waals surface area contributed by atoms with Gasteiger partial charge in [0.1, 0.15) is 36.5 Å². The maximum Gasteiger partial charge on any atom is 0.490 e. The number of carboxylic acids is 2. The number of nitrogens with one attached hydrogen (secondary N) is 1. The number of carboxylic acid groups (broad SMARTS) is 2. The Morgan fingerprint density at radius 2 is 1.95 bits per heavy atom. The lowest BCUT2D eigenvalue weighted by Crippen LogP contribution is -2.71. The van der Waals surface area contributed by atoms with Crippen molar-refractivity contribution in [3.8, 4) is 0 Å². The lowest BCUT2D eigenvalue weighted by Gasteiger charge is -2.49. The molecule has 0 bridgehead atoms. The SMILES string of the molecule is CON=C(C(=O)N[C@H]1C(=O)N2C(C(=O)O)=C(COC(C)=O)CS[C@H]12)c1csc(N)n1.O=C(O)C(F)(F)F. The van der Waals surface area contributed by atoms with Gasteiger partial charge in [-0.15, -0.1) is 23.1 Å². The number of oxime groups is 1. The molecule has 14 nitrogen and oxygen atoms in total. The van der Waals surface area contributed by atoms with Gasteiger partial charge in [-0.3, -0.25) is 19.3 Å². The summed E-state index contributed by atoms with van der Waals surface area (Å²) in [7, 11) is 1.25. The van der Waals surface area contributed by atoms with Crippen molar-refractivity contribution in [2.45, 2.75) is 24.5 Å². The van der Waals surface area contributed by atoms with Gasteiger partial charge in [0.2, 0.25) is 0 Å². The third kappa shape index (κ3) is 7.09. The Labute approximate surface area is 213 Å². The van der Waals surface area contributed by atoms with Crippen LogP contribution in [0.1, 0.15) is 12.6 Å². The number of aliphatic carboxylic acids is 2. The number of rotatable bonds is 7. The van der Waals surface area contributed by atoms with E-state index in [1.165, 1.54) is 31.2 Å². The summed E-state index contributed by atoms with van der Waals surface area (Å²) in [4.78, 5) is 66.7. The van der Waals surface area contributed by atoms with Crippen LogP contribution in [0.2, 0.25) is 0 Å². The highest BCUT2D eigenvalue weighted by molar-refractivity contribution is 8.00. The summed E-state index contributed by atoms with van der Waals surface area (Å²) in [6.07, 6.45) is -5.08. The van der Waals surface area contributed by atoms with Crippen molar-refractivity contribution in [1.29, 1.82) is 0 Å². The van der Waals surface area contributed by atoms with E-state index in [2.05, 4.69) is 20.3 Å². The molecule has 1 aromatic rings. The fraction of sp³-hybridized carbons (Fsp3) is 0.389. The van der Waals surface area contributed by atoms with Gasteiger partial charge < -0.3 is 30.8 Å². The van der Waals surface area contributed by atoms with E-state index in [0.717, 1.165) is 16.2 Å². The number of fused-ring (bicyclic) bond motifs is 1. The molecule has 1 saturated heterocycles. The van der Waals surface area contributed by atoms with Crippen LogP contribution >= 0.6 is 23.1 Å². The van der Waals surface area contributed by atoms with Crippen LogP contribution in [-0.4, -0.2) is 92.6 Å². The van der Waals surface area contributed by atoms with Gasteiger partial charge in [-0.1, -0.05) is 5.16 Å². The fourth-order valence-electron chi connectivity index (χ4n) is 2.88. The number of β-lactam (4-membered cyclic amide) rings is 1. The molecule has 0 spiro atoms. The Morgan fingerprint density at radius 1 is 1.32 bits per heavy atom. The molecule has 1 fully saturated rings. The number of nitrogens with two attached hydrogens (primary N) is 1. The smallest absolute Gasteiger partial charge is 0.477 e. The Kier molecular flexibility index (Phi) is 9.45. The molecule has 3 rings (SSSR count). The number of carbonyl (C=O) groups is 5. The van der Waals surface area contributed by atoms with E-state index in [1.807, 2.05) is 0 Å². The molecule has 0 aromatic carbocycles. The summed E-state index contributed by atoms with van der Waals surface area (Å²) < 4.78 is 36.6. The van der Waals surface area contributed by atoms with Gasteiger partial charge in [-0.2, -0.15) is 13.2 Å². The molecule has 19 heteroatoms. The van der Waals surface area contributed by atoms with Crippen molar-refractivity contribution in [3.05, 3.63) is 22.3 Å². The molecule has 2 aliphatic heterocycles. The van der Waals surface area contributed by atoms with Crippen LogP contribution in [0.3, 0.4) is 0 Å². The Morgan fingerprint density at radius 3 is 2.41 bits per heavy atom. The van der Waals surface area contributed by atoms with Crippen molar-refractivity contribution in [3.63, 3.8) is 0 Å². The molecule has 2 atom stereocenters. The third-order valence-corrected chi connectivity index (χ3v) is 6.40. The molecule has 1 aromatic heterocycles. The van der Waals surface area contributed by atoms with Crippen molar-refractivity contribution in [2.24, 2.45) is 5.16 Å².